The minimum Gasteiger partial charge on any atom is -0.382 e. The zero-order valence-electron chi connectivity index (χ0n) is 10.6. The summed E-state index contributed by atoms with van der Waals surface area (Å²) in [5.41, 5.74) is 7.88. The van der Waals surface area contributed by atoms with E-state index in [2.05, 4.69) is 15.0 Å². The normalized spacial score (nSPS) is 10.2. The molecule has 0 saturated carbocycles. The Morgan fingerprint density at radius 1 is 1.32 bits per heavy atom. The van der Waals surface area contributed by atoms with Gasteiger partial charge in [0.2, 0.25) is 5.91 Å². The lowest BCUT2D eigenvalue weighted by Gasteiger charge is -2.07. The first-order chi connectivity index (χ1) is 9.18. The summed E-state index contributed by atoms with van der Waals surface area (Å²) >= 11 is 1.33. The van der Waals surface area contributed by atoms with Crippen molar-refractivity contribution in [2.45, 2.75) is 6.92 Å². The zero-order valence-corrected chi connectivity index (χ0v) is 11.5. The molecule has 0 unspecified atom stereocenters. The Kier molecular flexibility index (Phi) is 4.35. The van der Waals surface area contributed by atoms with Gasteiger partial charge in [0.15, 0.2) is 0 Å². The minimum atomic E-state index is -0.0334. The molecule has 6 heteroatoms. The average Bonchev–Trinajstić information content (AvgIpc) is 2.77. The molecule has 0 aliphatic rings. The Morgan fingerprint density at radius 2 is 2.05 bits per heavy atom. The lowest BCUT2D eigenvalue weighted by atomic mass is 10.1. The number of nitrogens with one attached hydrogen (secondary N) is 2. The van der Waals surface area contributed by atoms with E-state index in [1.807, 2.05) is 30.3 Å². The van der Waals surface area contributed by atoms with Gasteiger partial charge in [-0.25, -0.2) is 0 Å². The summed E-state index contributed by atoms with van der Waals surface area (Å²) in [7, 11) is 0. The quantitative estimate of drug-likeness (QED) is 0.729. The molecule has 0 radical (unpaired) electrons. The average molecular weight is 276 g/mol. The molecule has 5 nitrogen and oxygen atoms in total. The van der Waals surface area contributed by atoms with E-state index in [4.69, 9.17) is 5.73 Å². The van der Waals surface area contributed by atoms with Crippen LogP contribution in [-0.2, 0) is 4.79 Å². The molecular formula is C13H16N4OS. The Bertz CT molecular complexity index is 553. The molecular weight excluding hydrogens is 260 g/mol. The van der Waals surface area contributed by atoms with Crippen LogP contribution in [-0.4, -0.2) is 23.4 Å². The van der Waals surface area contributed by atoms with Gasteiger partial charge in [0.25, 0.3) is 0 Å². The van der Waals surface area contributed by atoms with E-state index in [9.17, 15) is 4.79 Å². The van der Waals surface area contributed by atoms with Crippen molar-refractivity contribution in [3.05, 3.63) is 30.3 Å². The topological polar surface area (TPSA) is 80.0 Å². The number of carbonyl (C=O) groups excluding carboxylic acids is 1. The molecule has 0 fully saturated rings. The highest BCUT2D eigenvalue weighted by molar-refractivity contribution is 7.11. The van der Waals surface area contributed by atoms with Crippen molar-refractivity contribution in [2.24, 2.45) is 0 Å². The summed E-state index contributed by atoms with van der Waals surface area (Å²) in [6, 6.07) is 9.89. The molecule has 0 atom stereocenters. The van der Waals surface area contributed by atoms with Gasteiger partial charge in [-0.2, -0.15) is 4.37 Å². The van der Waals surface area contributed by atoms with Crippen LogP contribution >= 0.6 is 11.5 Å². The van der Waals surface area contributed by atoms with Crippen LogP contribution in [0.1, 0.15) is 6.92 Å². The highest BCUT2D eigenvalue weighted by Gasteiger charge is 2.12. The van der Waals surface area contributed by atoms with E-state index < -0.39 is 0 Å². The smallest absolute Gasteiger partial charge is 0.216 e. The first kappa shape index (κ1) is 13.4. The van der Waals surface area contributed by atoms with Crippen molar-refractivity contribution >= 4 is 28.3 Å². The number of aromatic nitrogens is 1. The third-order valence-electron chi connectivity index (χ3n) is 2.57. The molecule has 0 aliphatic heterocycles. The maximum Gasteiger partial charge on any atom is 0.216 e. The highest BCUT2D eigenvalue weighted by Crippen LogP contribution is 2.36. The van der Waals surface area contributed by atoms with Crippen molar-refractivity contribution in [3.63, 3.8) is 0 Å². The number of nitrogen functional groups attached to an aromatic ring is 1. The predicted molar refractivity (Wildman–Crippen MR) is 79.1 cm³/mol. The molecule has 1 aromatic heterocycles. The van der Waals surface area contributed by atoms with E-state index in [0.717, 1.165) is 16.1 Å². The van der Waals surface area contributed by atoms with Crippen LogP contribution in [0.3, 0.4) is 0 Å². The molecule has 2 aromatic rings. The number of benzene rings is 1. The highest BCUT2D eigenvalue weighted by atomic mass is 32.1. The maximum absolute atomic E-state index is 10.8. The molecule has 19 heavy (non-hydrogen) atoms. The summed E-state index contributed by atoms with van der Waals surface area (Å²) < 4.78 is 4.18. The summed E-state index contributed by atoms with van der Waals surface area (Å²) in [5, 5.41) is 6.91. The van der Waals surface area contributed by atoms with Crippen LogP contribution in [0.4, 0.5) is 10.8 Å². The number of amides is 1. The third-order valence-corrected chi connectivity index (χ3v) is 3.38. The molecule has 1 heterocycles. The number of nitrogens with two attached hydrogens (primary N) is 1. The van der Waals surface area contributed by atoms with Gasteiger partial charge in [-0.1, -0.05) is 30.3 Å². The van der Waals surface area contributed by atoms with Crippen LogP contribution in [0.2, 0.25) is 0 Å². The Morgan fingerprint density at radius 3 is 2.74 bits per heavy atom. The van der Waals surface area contributed by atoms with Gasteiger partial charge in [-0.15, -0.1) is 0 Å². The van der Waals surface area contributed by atoms with Crippen LogP contribution < -0.4 is 16.4 Å². The minimum absolute atomic E-state index is 0.0334. The second-order valence-electron chi connectivity index (χ2n) is 4.05. The van der Waals surface area contributed by atoms with Crippen molar-refractivity contribution in [3.8, 4) is 11.1 Å². The molecule has 0 spiro atoms. The predicted octanol–water partition coefficient (Wildman–Crippen LogP) is 1.94. The number of carbonyl (C=O) groups is 1. The first-order valence-electron chi connectivity index (χ1n) is 5.97. The summed E-state index contributed by atoms with van der Waals surface area (Å²) in [5.74, 6) is 0.493. The molecule has 4 N–H and O–H groups in total. The number of rotatable bonds is 5. The van der Waals surface area contributed by atoms with Crippen molar-refractivity contribution in [2.75, 3.05) is 24.1 Å². The number of anilines is 2. The van der Waals surface area contributed by atoms with Crippen LogP contribution in [0, 0.1) is 0 Å². The van der Waals surface area contributed by atoms with Gasteiger partial charge >= 0.3 is 0 Å². The third kappa shape index (κ3) is 3.45. The van der Waals surface area contributed by atoms with Gasteiger partial charge in [0.1, 0.15) is 10.8 Å². The van der Waals surface area contributed by atoms with Gasteiger partial charge in [-0.3, -0.25) is 4.79 Å². The molecule has 1 aromatic carbocycles. The van der Waals surface area contributed by atoms with Crippen molar-refractivity contribution in [1.29, 1.82) is 0 Å². The van der Waals surface area contributed by atoms with E-state index in [1.165, 1.54) is 18.5 Å². The Hall–Kier alpha value is -2.08. The van der Waals surface area contributed by atoms with E-state index >= 15 is 0 Å². The van der Waals surface area contributed by atoms with Crippen LogP contribution in [0.15, 0.2) is 30.3 Å². The fourth-order valence-electron chi connectivity index (χ4n) is 1.72. The molecule has 1 amide bonds. The van der Waals surface area contributed by atoms with E-state index in [-0.39, 0.29) is 5.91 Å². The molecule has 0 saturated heterocycles. The Balaban J connectivity index is 2.08. The van der Waals surface area contributed by atoms with Crippen molar-refractivity contribution < 1.29 is 4.79 Å². The van der Waals surface area contributed by atoms with Crippen molar-refractivity contribution in [1.82, 2.24) is 9.69 Å². The van der Waals surface area contributed by atoms with E-state index in [0.29, 0.717) is 18.9 Å². The lowest BCUT2D eigenvalue weighted by Crippen LogP contribution is -2.26. The molecule has 100 valence electrons. The maximum atomic E-state index is 10.8. The lowest BCUT2D eigenvalue weighted by molar-refractivity contribution is -0.118. The Labute approximate surface area is 116 Å². The summed E-state index contributed by atoms with van der Waals surface area (Å²) in [6.45, 7) is 2.71. The first-order valence-corrected chi connectivity index (χ1v) is 6.74. The second kappa shape index (κ2) is 6.19. The number of hydrogen-bond acceptors (Lipinski definition) is 5. The fourth-order valence-corrected chi connectivity index (χ4v) is 2.48. The summed E-state index contributed by atoms with van der Waals surface area (Å²) in [6.07, 6.45) is 0. The fraction of sp³-hybridized carbons (Fsp3) is 0.231. The van der Waals surface area contributed by atoms with Gasteiger partial charge in [-0.05, 0) is 17.1 Å². The van der Waals surface area contributed by atoms with Gasteiger partial charge in [0, 0.05) is 20.0 Å². The second-order valence-corrected chi connectivity index (χ2v) is 4.82. The zero-order chi connectivity index (χ0) is 13.7. The summed E-state index contributed by atoms with van der Waals surface area (Å²) in [4.78, 5) is 10.8. The van der Waals surface area contributed by atoms with Gasteiger partial charge < -0.3 is 16.4 Å². The molecule has 0 bridgehead atoms. The number of hydrogen-bond donors (Lipinski definition) is 3. The molecule has 0 aliphatic carbocycles. The van der Waals surface area contributed by atoms with Crippen LogP contribution in [0.25, 0.3) is 11.1 Å². The monoisotopic (exact) mass is 276 g/mol. The van der Waals surface area contributed by atoms with Gasteiger partial charge in [0.05, 0.1) is 5.56 Å². The van der Waals surface area contributed by atoms with Crippen LogP contribution in [0.5, 0.6) is 0 Å². The standard InChI is InChI=1S/C13H16N4OS/c1-9(18)15-7-8-16-13-11(12(14)17-19-13)10-5-3-2-4-6-10/h2-6,16H,7-8H2,1H3,(H2,14,17)(H,15,18). The SMILES string of the molecule is CC(=O)NCCNc1snc(N)c1-c1ccccc1. The number of nitrogens with zero attached hydrogens (tertiary/aromatic N) is 1. The van der Waals surface area contributed by atoms with E-state index in [1.54, 1.807) is 0 Å². The largest absolute Gasteiger partial charge is 0.382 e. The molecule has 2 rings (SSSR count).